The Labute approximate surface area is 225 Å². The molecular formula is C30H39N3O5. The predicted molar refractivity (Wildman–Crippen MR) is 149 cm³/mol. The van der Waals surface area contributed by atoms with Crippen molar-refractivity contribution in [3.63, 3.8) is 0 Å². The van der Waals surface area contributed by atoms with Crippen LogP contribution in [0.4, 0.5) is 10.5 Å². The quantitative estimate of drug-likeness (QED) is 0.309. The number of carbonyl (C=O) groups is 2. The fourth-order valence-electron chi connectivity index (χ4n) is 4.14. The number of carbonyl (C=O) groups excluding carboxylic acids is 2. The van der Waals surface area contributed by atoms with Gasteiger partial charge in [-0.05, 0) is 73.7 Å². The van der Waals surface area contributed by atoms with Crippen molar-refractivity contribution < 1.29 is 23.5 Å². The Bertz CT molecular complexity index is 1180. The molecule has 0 bridgehead atoms. The summed E-state index contributed by atoms with van der Waals surface area (Å²) >= 11 is 0. The summed E-state index contributed by atoms with van der Waals surface area (Å²) in [5.74, 6) is 1.82. The average Bonchev–Trinajstić information content (AvgIpc) is 3.46. The minimum Gasteiger partial charge on any atom is -0.493 e. The highest BCUT2D eigenvalue weighted by molar-refractivity contribution is 5.92. The molecule has 1 unspecified atom stereocenters. The van der Waals surface area contributed by atoms with Crippen molar-refractivity contribution in [2.75, 3.05) is 32.6 Å². The van der Waals surface area contributed by atoms with Gasteiger partial charge in [0.2, 0.25) is 5.91 Å². The molecule has 0 saturated heterocycles. The summed E-state index contributed by atoms with van der Waals surface area (Å²) in [6.45, 7) is 6.75. The van der Waals surface area contributed by atoms with Gasteiger partial charge < -0.3 is 29.0 Å². The smallest absolute Gasteiger partial charge is 0.322 e. The summed E-state index contributed by atoms with van der Waals surface area (Å²) < 4.78 is 16.3. The number of ether oxygens (including phenoxy) is 2. The molecule has 2 aromatic carbocycles. The molecule has 0 saturated carbocycles. The van der Waals surface area contributed by atoms with E-state index in [-0.39, 0.29) is 24.5 Å². The Kier molecular flexibility index (Phi) is 10.6. The van der Waals surface area contributed by atoms with Gasteiger partial charge in [0.05, 0.1) is 27.0 Å². The maximum absolute atomic E-state index is 13.6. The van der Waals surface area contributed by atoms with Gasteiger partial charge in [0.1, 0.15) is 12.3 Å². The summed E-state index contributed by atoms with van der Waals surface area (Å²) in [4.78, 5) is 30.3. The van der Waals surface area contributed by atoms with E-state index in [9.17, 15) is 9.59 Å². The number of amides is 3. The van der Waals surface area contributed by atoms with Gasteiger partial charge in [-0.3, -0.25) is 4.79 Å². The van der Waals surface area contributed by atoms with E-state index in [1.807, 2.05) is 62.4 Å². The fourth-order valence-corrected chi connectivity index (χ4v) is 4.14. The summed E-state index contributed by atoms with van der Waals surface area (Å²) in [7, 11) is 3.20. The molecule has 3 aromatic rings. The van der Waals surface area contributed by atoms with E-state index < -0.39 is 0 Å². The number of anilines is 1. The zero-order chi connectivity index (χ0) is 27.5. The number of benzene rings is 2. The SMILES string of the molecule is CCc1cccc(NC(=O)N(CC(=O)N(CCc2ccc(OC)c(OC)c2)Cc2ccco2)C(C)CC)c1. The molecule has 0 aliphatic rings. The molecular weight excluding hydrogens is 482 g/mol. The third-order valence-electron chi connectivity index (χ3n) is 6.67. The third-order valence-corrected chi connectivity index (χ3v) is 6.67. The monoisotopic (exact) mass is 521 g/mol. The lowest BCUT2D eigenvalue weighted by molar-refractivity contribution is -0.133. The number of hydrogen-bond donors (Lipinski definition) is 1. The van der Waals surface area contributed by atoms with E-state index in [1.165, 1.54) is 0 Å². The Morgan fingerprint density at radius 2 is 1.76 bits per heavy atom. The van der Waals surface area contributed by atoms with Crippen molar-refractivity contribution in [1.82, 2.24) is 9.80 Å². The summed E-state index contributed by atoms with van der Waals surface area (Å²) in [5.41, 5.74) is 2.86. The van der Waals surface area contributed by atoms with E-state index in [0.29, 0.717) is 36.8 Å². The molecule has 8 nitrogen and oxygen atoms in total. The number of aryl methyl sites for hydroxylation is 1. The molecule has 0 fully saturated rings. The first-order chi connectivity index (χ1) is 18.4. The third kappa shape index (κ3) is 7.78. The molecule has 0 spiro atoms. The molecule has 1 heterocycles. The number of urea groups is 1. The zero-order valence-corrected chi connectivity index (χ0v) is 23.0. The molecule has 8 heteroatoms. The first-order valence-electron chi connectivity index (χ1n) is 13.1. The van der Waals surface area contributed by atoms with Crippen LogP contribution in [-0.4, -0.2) is 55.1 Å². The summed E-state index contributed by atoms with van der Waals surface area (Å²) in [6, 6.07) is 16.7. The van der Waals surface area contributed by atoms with E-state index in [4.69, 9.17) is 13.9 Å². The van der Waals surface area contributed by atoms with Gasteiger partial charge in [0, 0.05) is 18.3 Å². The molecule has 1 atom stereocenters. The fraction of sp³-hybridized carbons (Fsp3) is 0.400. The van der Waals surface area contributed by atoms with Crippen LogP contribution in [0.3, 0.4) is 0 Å². The van der Waals surface area contributed by atoms with Gasteiger partial charge in [0.15, 0.2) is 11.5 Å². The van der Waals surface area contributed by atoms with Gasteiger partial charge >= 0.3 is 6.03 Å². The van der Waals surface area contributed by atoms with Crippen LogP contribution in [0.25, 0.3) is 0 Å². The number of hydrogen-bond acceptors (Lipinski definition) is 5. The van der Waals surface area contributed by atoms with Crippen LogP contribution in [0.15, 0.2) is 65.3 Å². The second kappa shape index (κ2) is 14.1. The largest absolute Gasteiger partial charge is 0.493 e. The molecule has 38 heavy (non-hydrogen) atoms. The minimum atomic E-state index is -0.293. The maximum Gasteiger partial charge on any atom is 0.322 e. The molecule has 1 N–H and O–H groups in total. The molecule has 0 aliphatic heterocycles. The lowest BCUT2D eigenvalue weighted by Gasteiger charge is -2.31. The highest BCUT2D eigenvalue weighted by Gasteiger charge is 2.25. The van der Waals surface area contributed by atoms with Gasteiger partial charge in [-0.15, -0.1) is 0 Å². The van der Waals surface area contributed by atoms with E-state index in [1.54, 1.807) is 36.3 Å². The first-order valence-corrected chi connectivity index (χ1v) is 13.1. The van der Waals surface area contributed by atoms with Crippen molar-refractivity contribution in [3.05, 3.63) is 77.7 Å². The van der Waals surface area contributed by atoms with Gasteiger partial charge in [-0.25, -0.2) is 4.79 Å². The Morgan fingerprint density at radius 1 is 0.974 bits per heavy atom. The molecule has 0 radical (unpaired) electrons. The zero-order valence-electron chi connectivity index (χ0n) is 23.0. The van der Waals surface area contributed by atoms with Crippen LogP contribution in [0.2, 0.25) is 0 Å². The van der Waals surface area contributed by atoms with Crippen molar-refractivity contribution in [2.45, 2.75) is 52.6 Å². The number of furan rings is 1. The lowest BCUT2D eigenvalue weighted by Crippen LogP contribution is -2.48. The average molecular weight is 522 g/mol. The van der Waals surface area contributed by atoms with E-state index >= 15 is 0 Å². The van der Waals surface area contributed by atoms with Gasteiger partial charge in [-0.2, -0.15) is 0 Å². The predicted octanol–water partition coefficient (Wildman–Crippen LogP) is 5.76. The summed E-state index contributed by atoms with van der Waals surface area (Å²) in [6.07, 6.45) is 3.79. The lowest BCUT2D eigenvalue weighted by atomic mass is 10.1. The number of nitrogens with one attached hydrogen (secondary N) is 1. The van der Waals surface area contributed by atoms with Gasteiger partial charge in [-0.1, -0.05) is 32.0 Å². The highest BCUT2D eigenvalue weighted by atomic mass is 16.5. The second-order valence-corrected chi connectivity index (χ2v) is 9.20. The Hall–Kier alpha value is -3.94. The van der Waals surface area contributed by atoms with Crippen molar-refractivity contribution in [2.24, 2.45) is 0 Å². The number of rotatable bonds is 13. The van der Waals surface area contributed by atoms with E-state index in [2.05, 4.69) is 12.2 Å². The van der Waals surface area contributed by atoms with Crippen molar-refractivity contribution >= 4 is 17.6 Å². The molecule has 1 aromatic heterocycles. The van der Waals surface area contributed by atoms with Crippen LogP contribution in [0.5, 0.6) is 11.5 Å². The number of nitrogens with zero attached hydrogens (tertiary/aromatic N) is 2. The van der Waals surface area contributed by atoms with Crippen LogP contribution in [0, 0.1) is 0 Å². The van der Waals surface area contributed by atoms with Crippen LogP contribution < -0.4 is 14.8 Å². The first kappa shape index (κ1) is 28.6. The number of methoxy groups -OCH3 is 2. The Balaban J connectivity index is 1.76. The normalized spacial score (nSPS) is 11.5. The van der Waals surface area contributed by atoms with Crippen LogP contribution in [-0.2, 0) is 24.2 Å². The second-order valence-electron chi connectivity index (χ2n) is 9.20. The molecule has 3 amide bonds. The van der Waals surface area contributed by atoms with Gasteiger partial charge in [0.25, 0.3) is 0 Å². The van der Waals surface area contributed by atoms with Crippen molar-refractivity contribution in [1.29, 1.82) is 0 Å². The van der Waals surface area contributed by atoms with Crippen LogP contribution >= 0.6 is 0 Å². The highest BCUT2D eigenvalue weighted by Crippen LogP contribution is 2.28. The summed E-state index contributed by atoms with van der Waals surface area (Å²) in [5, 5.41) is 2.98. The van der Waals surface area contributed by atoms with E-state index in [0.717, 1.165) is 29.7 Å². The topological polar surface area (TPSA) is 84.3 Å². The molecule has 3 rings (SSSR count). The molecule has 0 aliphatic carbocycles. The van der Waals surface area contributed by atoms with Crippen molar-refractivity contribution in [3.8, 4) is 11.5 Å². The minimum absolute atomic E-state index is 0.0407. The Morgan fingerprint density at radius 3 is 2.42 bits per heavy atom. The van der Waals surface area contributed by atoms with Crippen LogP contribution in [0.1, 0.15) is 44.1 Å². The maximum atomic E-state index is 13.6. The standard InChI is InChI=1S/C30H39N3O5/c1-6-22(3)33(30(35)31-25-11-8-10-23(7-2)18-25)21-29(34)32(20-26-12-9-17-38-26)16-15-24-13-14-27(36-4)28(19-24)37-5/h8-14,17-19,22H,6-7,15-16,20-21H2,1-5H3,(H,31,35). The molecule has 204 valence electrons.